The van der Waals surface area contributed by atoms with Crippen molar-refractivity contribution in [3.63, 3.8) is 0 Å². The van der Waals surface area contributed by atoms with E-state index in [-0.39, 0.29) is 11.8 Å². The Hall–Kier alpha value is -1.22. The zero-order chi connectivity index (χ0) is 11.1. The van der Waals surface area contributed by atoms with Crippen molar-refractivity contribution in [2.24, 2.45) is 0 Å². The number of carbonyl (C=O) groups excluding carboxylic acids is 1. The largest absolute Gasteiger partial charge is 0.494 e. The van der Waals surface area contributed by atoms with E-state index in [1.807, 2.05) is 31.2 Å². The molecule has 0 saturated heterocycles. The first-order chi connectivity index (χ1) is 7.26. The van der Waals surface area contributed by atoms with Gasteiger partial charge in [-0.2, -0.15) is 0 Å². The molecule has 0 aromatic heterocycles. The van der Waals surface area contributed by atoms with Gasteiger partial charge in [-0.3, -0.25) is 4.79 Å². The number of hydrogen-bond donors (Lipinski definition) is 1. The highest BCUT2D eigenvalue weighted by Gasteiger charge is 1.98. The molecular formula is C11H14ClNO2. The second-order valence-corrected chi connectivity index (χ2v) is 3.25. The topological polar surface area (TPSA) is 38.3 Å². The monoisotopic (exact) mass is 227 g/mol. The first kappa shape index (κ1) is 11.9. The van der Waals surface area contributed by atoms with Crippen molar-refractivity contribution in [1.82, 2.24) is 5.32 Å². The van der Waals surface area contributed by atoms with Crippen LogP contribution in [0.15, 0.2) is 24.3 Å². The van der Waals surface area contributed by atoms with Crippen molar-refractivity contribution in [2.75, 3.05) is 12.5 Å². The SMILES string of the molecule is CCOc1ccc(CNC(=O)CCl)cc1. The molecule has 0 aliphatic heterocycles. The van der Waals surface area contributed by atoms with Crippen molar-refractivity contribution >= 4 is 17.5 Å². The molecule has 0 atom stereocenters. The normalized spacial score (nSPS) is 9.73. The summed E-state index contributed by atoms with van der Waals surface area (Å²) in [4.78, 5) is 10.9. The third-order valence-corrected chi connectivity index (χ3v) is 2.09. The van der Waals surface area contributed by atoms with Gasteiger partial charge >= 0.3 is 0 Å². The van der Waals surface area contributed by atoms with Crippen LogP contribution in [0.4, 0.5) is 0 Å². The Morgan fingerprint density at radius 1 is 1.40 bits per heavy atom. The molecule has 3 nitrogen and oxygen atoms in total. The number of carbonyl (C=O) groups is 1. The number of benzene rings is 1. The minimum Gasteiger partial charge on any atom is -0.494 e. The third kappa shape index (κ3) is 4.21. The van der Waals surface area contributed by atoms with E-state index in [2.05, 4.69) is 5.32 Å². The molecule has 0 radical (unpaired) electrons. The summed E-state index contributed by atoms with van der Waals surface area (Å²) in [6.07, 6.45) is 0. The van der Waals surface area contributed by atoms with Gasteiger partial charge in [0.2, 0.25) is 5.91 Å². The molecule has 0 fully saturated rings. The number of halogens is 1. The van der Waals surface area contributed by atoms with E-state index in [0.29, 0.717) is 13.2 Å². The molecule has 0 bridgehead atoms. The van der Waals surface area contributed by atoms with E-state index in [0.717, 1.165) is 11.3 Å². The lowest BCUT2D eigenvalue weighted by Gasteiger charge is -2.05. The molecule has 0 heterocycles. The van der Waals surface area contributed by atoms with Gasteiger partial charge in [0, 0.05) is 6.54 Å². The van der Waals surface area contributed by atoms with E-state index >= 15 is 0 Å². The first-order valence-corrected chi connectivity index (χ1v) is 5.34. The lowest BCUT2D eigenvalue weighted by Crippen LogP contribution is -2.23. The van der Waals surface area contributed by atoms with Crippen LogP contribution in [0, 0.1) is 0 Å². The van der Waals surface area contributed by atoms with Gasteiger partial charge in [-0.1, -0.05) is 12.1 Å². The lowest BCUT2D eigenvalue weighted by molar-refractivity contribution is -0.118. The summed E-state index contributed by atoms with van der Waals surface area (Å²) < 4.78 is 5.30. The highest BCUT2D eigenvalue weighted by Crippen LogP contribution is 2.11. The van der Waals surface area contributed by atoms with Crippen LogP contribution in [0.5, 0.6) is 5.75 Å². The maximum atomic E-state index is 10.9. The standard InChI is InChI=1S/C11H14ClNO2/c1-2-15-10-5-3-9(4-6-10)8-13-11(14)7-12/h3-6H,2,7-8H2,1H3,(H,13,14). The summed E-state index contributed by atoms with van der Waals surface area (Å²) in [7, 11) is 0. The molecule has 82 valence electrons. The summed E-state index contributed by atoms with van der Waals surface area (Å²) >= 11 is 5.35. The molecule has 0 spiro atoms. The Labute approximate surface area is 94.4 Å². The lowest BCUT2D eigenvalue weighted by atomic mass is 10.2. The van der Waals surface area contributed by atoms with Crippen molar-refractivity contribution in [1.29, 1.82) is 0 Å². The second kappa shape index (κ2) is 6.30. The fraction of sp³-hybridized carbons (Fsp3) is 0.364. The van der Waals surface area contributed by atoms with Crippen LogP contribution in [0.25, 0.3) is 0 Å². The Bertz CT molecular complexity index is 311. The zero-order valence-electron chi connectivity index (χ0n) is 8.63. The van der Waals surface area contributed by atoms with Crippen LogP contribution >= 0.6 is 11.6 Å². The molecule has 0 unspecified atom stereocenters. The van der Waals surface area contributed by atoms with Crippen LogP contribution in [-0.4, -0.2) is 18.4 Å². The van der Waals surface area contributed by atoms with Crippen LogP contribution in [0.1, 0.15) is 12.5 Å². The number of nitrogens with one attached hydrogen (secondary N) is 1. The van der Waals surface area contributed by atoms with Gasteiger partial charge in [-0.05, 0) is 24.6 Å². The number of amides is 1. The molecule has 15 heavy (non-hydrogen) atoms. The first-order valence-electron chi connectivity index (χ1n) is 4.80. The smallest absolute Gasteiger partial charge is 0.235 e. The van der Waals surface area contributed by atoms with Gasteiger partial charge in [-0.15, -0.1) is 11.6 Å². The summed E-state index contributed by atoms with van der Waals surface area (Å²) in [5.41, 5.74) is 1.02. The Kier molecular flexibility index (Phi) is 4.98. The van der Waals surface area contributed by atoms with Crippen LogP contribution in [-0.2, 0) is 11.3 Å². The van der Waals surface area contributed by atoms with Gasteiger partial charge in [0.25, 0.3) is 0 Å². The molecule has 1 aromatic carbocycles. The van der Waals surface area contributed by atoms with Crippen LogP contribution in [0.2, 0.25) is 0 Å². The highest BCUT2D eigenvalue weighted by molar-refractivity contribution is 6.27. The molecular weight excluding hydrogens is 214 g/mol. The van der Waals surface area contributed by atoms with E-state index in [1.165, 1.54) is 0 Å². The molecule has 0 aliphatic carbocycles. The Balaban J connectivity index is 2.45. The summed E-state index contributed by atoms with van der Waals surface area (Å²) in [5.74, 6) is 0.673. The fourth-order valence-corrected chi connectivity index (χ4v) is 1.21. The number of alkyl halides is 1. The van der Waals surface area contributed by atoms with E-state index in [9.17, 15) is 4.79 Å². The quantitative estimate of drug-likeness (QED) is 0.781. The number of rotatable bonds is 5. The molecule has 0 saturated carbocycles. The van der Waals surface area contributed by atoms with E-state index in [1.54, 1.807) is 0 Å². The van der Waals surface area contributed by atoms with Crippen LogP contribution < -0.4 is 10.1 Å². The summed E-state index contributed by atoms with van der Waals surface area (Å²) in [5, 5.41) is 2.69. The zero-order valence-corrected chi connectivity index (χ0v) is 9.38. The van der Waals surface area contributed by atoms with Crippen molar-refractivity contribution in [2.45, 2.75) is 13.5 Å². The predicted octanol–water partition coefficient (Wildman–Crippen LogP) is 1.94. The Morgan fingerprint density at radius 2 is 2.07 bits per heavy atom. The van der Waals surface area contributed by atoms with Gasteiger partial charge in [0.05, 0.1) is 6.61 Å². The molecule has 4 heteroatoms. The average Bonchev–Trinajstić information content (AvgIpc) is 2.28. The van der Waals surface area contributed by atoms with Crippen molar-refractivity contribution < 1.29 is 9.53 Å². The second-order valence-electron chi connectivity index (χ2n) is 2.99. The van der Waals surface area contributed by atoms with Crippen molar-refractivity contribution in [3.8, 4) is 5.75 Å². The van der Waals surface area contributed by atoms with Crippen molar-refractivity contribution in [3.05, 3.63) is 29.8 Å². The third-order valence-electron chi connectivity index (χ3n) is 1.85. The van der Waals surface area contributed by atoms with Gasteiger partial charge in [-0.25, -0.2) is 0 Å². The highest BCUT2D eigenvalue weighted by atomic mass is 35.5. The van der Waals surface area contributed by atoms with Crippen LogP contribution in [0.3, 0.4) is 0 Å². The minimum absolute atomic E-state index is 0.00295. The van der Waals surface area contributed by atoms with E-state index in [4.69, 9.17) is 16.3 Å². The van der Waals surface area contributed by atoms with Gasteiger partial charge in [0.1, 0.15) is 11.6 Å². The van der Waals surface area contributed by atoms with E-state index < -0.39 is 0 Å². The average molecular weight is 228 g/mol. The number of ether oxygens (including phenoxy) is 1. The summed E-state index contributed by atoms with van der Waals surface area (Å²) in [6, 6.07) is 7.59. The minimum atomic E-state index is -0.162. The molecule has 1 rings (SSSR count). The van der Waals surface area contributed by atoms with Gasteiger partial charge in [0.15, 0.2) is 0 Å². The maximum absolute atomic E-state index is 10.9. The molecule has 0 aliphatic rings. The molecule has 1 N–H and O–H groups in total. The van der Waals surface area contributed by atoms with Gasteiger partial charge < -0.3 is 10.1 Å². The fourth-order valence-electron chi connectivity index (χ4n) is 1.12. The summed E-state index contributed by atoms with van der Waals surface area (Å²) in [6.45, 7) is 3.09. The predicted molar refractivity (Wildman–Crippen MR) is 60.2 cm³/mol. The molecule has 1 amide bonds. The Morgan fingerprint density at radius 3 is 2.60 bits per heavy atom. The molecule has 1 aromatic rings. The maximum Gasteiger partial charge on any atom is 0.235 e. The number of hydrogen-bond acceptors (Lipinski definition) is 2.